The number of ether oxygens (including phenoxy) is 1. The Hall–Kier alpha value is -3.96. The first-order valence-corrected chi connectivity index (χ1v) is 10.4. The molecule has 32 heavy (non-hydrogen) atoms. The van der Waals surface area contributed by atoms with Gasteiger partial charge in [-0.15, -0.1) is 6.58 Å². The largest absolute Gasteiger partial charge is 0.457 e. The van der Waals surface area contributed by atoms with E-state index < -0.39 is 6.10 Å². The van der Waals surface area contributed by atoms with Crippen LogP contribution in [-0.4, -0.2) is 14.9 Å². The zero-order chi connectivity index (χ0) is 22.5. The lowest BCUT2D eigenvalue weighted by Gasteiger charge is -2.15. The van der Waals surface area contributed by atoms with Gasteiger partial charge in [-0.05, 0) is 41.8 Å². The summed E-state index contributed by atoms with van der Waals surface area (Å²) in [4.78, 5) is 12.5. The van der Waals surface area contributed by atoms with Gasteiger partial charge in [0.25, 0.3) is 5.56 Å². The van der Waals surface area contributed by atoms with Gasteiger partial charge in [0.1, 0.15) is 17.2 Å². The summed E-state index contributed by atoms with van der Waals surface area (Å²) in [5.74, 6) is 1.36. The third-order valence-electron chi connectivity index (χ3n) is 5.20. The number of hydrogen-bond donors (Lipinski definition) is 1. The van der Waals surface area contributed by atoms with E-state index in [1.54, 1.807) is 19.2 Å². The normalized spacial score (nSPS) is 11.7. The Morgan fingerprint density at radius 1 is 1.00 bits per heavy atom. The molecule has 0 bridgehead atoms. The van der Waals surface area contributed by atoms with Crippen LogP contribution in [0.3, 0.4) is 0 Å². The zero-order valence-electron chi connectivity index (χ0n) is 17.8. The van der Waals surface area contributed by atoms with Gasteiger partial charge in [-0.25, -0.2) is 4.68 Å². The first-order chi connectivity index (χ1) is 15.6. The number of aromatic nitrogens is 2. The molecular weight excluding hydrogens is 400 g/mol. The molecule has 0 aliphatic heterocycles. The van der Waals surface area contributed by atoms with Crippen LogP contribution in [0.5, 0.6) is 11.5 Å². The van der Waals surface area contributed by atoms with Crippen LogP contribution in [0.25, 0.3) is 22.4 Å². The van der Waals surface area contributed by atoms with E-state index in [9.17, 15) is 9.90 Å². The molecule has 0 saturated carbocycles. The molecule has 1 atom stereocenters. The lowest BCUT2D eigenvalue weighted by molar-refractivity contribution is 0.181. The zero-order valence-corrected chi connectivity index (χ0v) is 17.8. The molecule has 1 N–H and O–H groups in total. The van der Waals surface area contributed by atoms with E-state index in [0.717, 1.165) is 16.7 Å². The molecule has 0 aliphatic rings. The molecule has 5 heteroatoms. The maximum Gasteiger partial charge on any atom is 0.267 e. The van der Waals surface area contributed by atoms with E-state index >= 15 is 0 Å². The minimum atomic E-state index is -0.609. The average Bonchev–Trinajstić information content (AvgIpc) is 2.82. The predicted octanol–water partition coefficient (Wildman–Crippen LogP) is 5.52. The quantitative estimate of drug-likeness (QED) is 0.397. The van der Waals surface area contributed by atoms with Gasteiger partial charge in [-0.2, -0.15) is 5.10 Å². The molecule has 0 spiro atoms. The molecule has 4 aromatic rings. The summed E-state index contributed by atoms with van der Waals surface area (Å²) in [6.45, 7) is 3.68. The molecule has 0 saturated heterocycles. The highest BCUT2D eigenvalue weighted by Crippen LogP contribution is 2.37. The predicted molar refractivity (Wildman–Crippen MR) is 127 cm³/mol. The Morgan fingerprint density at radius 2 is 1.69 bits per heavy atom. The Morgan fingerprint density at radius 3 is 2.41 bits per heavy atom. The fraction of sp³-hybridized carbons (Fsp3) is 0.111. The van der Waals surface area contributed by atoms with Gasteiger partial charge in [0.2, 0.25) is 0 Å². The smallest absolute Gasteiger partial charge is 0.267 e. The molecule has 1 aromatic heterocycles. The van der Waals surface area contributed by atoms with E-state index in [-0.39, 0.29) is 5.56 Å². The van der Waals surface area contributed by atoms with Crippen molar-refractivity contribution in [2.24, 2.45) is 7.05 Å². The molecule has 0 amide bonds. The Bertz CT molecular complexity index is 1280. The minimum Gasteiger partial charge on any atom is -0.457 e. The van der Waals surface area contributed by atoms with Crippen LogP contribution in [0, 0.1) is 0 Å². The monoisotopic (exact) mass is 424 g/mol. The van der Waals surface area contributed by atoms with E-state index in [4.69, 9.17) is 4.74 Å². The minimum absolute atomic E-state index is 0.207. The van der Waals surface area contributed by atoms with Crippen molar-refractivity contribution in [2.45, 2.75) is 12.5 Å². The number of aliphatic hydroxyl groups is 1. The van der Waals surface area contributed by atoms with Gasteiger partial charge in [0.15, 0.2) is 0 Å². The van der Waals surface area contributed by atoms with Crippen LogP contribution < -0.4 is 10.3 Å². The van der Waals surface area contributed by atoms with Crippen molar-refractivity contribution in [3.8, 4) is 33.9 Å². The highest BCUT2D eigenvalue weighted by atomic mass is 16.5. The van der Waals surface area contributed by atoms with E-state index in [1.807, 2.05) is 78.9 Å². The molecule has 1 unspecified atom stereocenters. The van der Waals surface area contributed by atoms with Crippen LogP contribution in [0.15, 0.2) is 102 Å². The van der Waals surface area contributed by atoms with Gasteiger partial charge in [0, 0.05) is 24.2 Å². The number of para-hydroxylation sites is 2. The number of rotatable bonds is 7. The number of aliphatic hydroxyl groups excluding tert-OH is 1. The Kier molecular flexibility index (Phi) is 6.29. The van der Waals surface area contributed by atoms with Gasteiger partial charge in [-0.3, -0.25) is 4.79 Å². The van der Waals surface area contributed by atoms with E-state index in [0.29, 0.717) is 29.2 Å². The first kappa shape index (κ1) is 21.3. The van der Waals surface area contributed by atoms with Gasteiger partial charge >= 0.3 is 0 Å². The van der Waals surface area contributed by atoms with Gasteiger partial charge < -0.3 is 9.84 Å². The third-order valence-corrected chi connectivity index (χ3v) is 5.20. The van der Waals surface area contributed by atoms with Gasteiger partial charge in [0.05, 0.1) is 6.10 Å². The molecule has 3 aromatic carbocycles. The SMILES string of the molecule is C=CCC(O)c1ccc(-c2cc(=O)n(C)nc2-c2ccccc2Oc2ccccc2)cc1. The lowest BCUT2D eigenvalue weighted by Crippen LogP contribution is -2.19. The molecule has 160 valence electrons. The third kappa shape index (κ3) is 4.53. The van der Waals surface area contributed by atoms with Crippen molar-refractivity contribution >= 4 is 0 Å². The van der Waals surface area contributed by atoms with E-state index in [1.165, 1.54) is 4.68 Å². The summed E-state index contributed by atoms with van der Waals surface area (Å²) in [7, 11) is 1.63. The van der Waals surface area contributed by atoms with Crippen LogP contribution in [-0.2, 0) is 7.05 Å². The second-order valence-electron chi connectivity index (χ2n) is 7.44. The highest BCUT2D eigenvalue weighted by Gasteiger charge is 2.17. The molecule has 1 heterocycles. The summed E-state index contributed by atoms with van der Waals surface area (Å²) in [6, 6.07) is 26.2. The number of hydrogen-bond acceptors (Lipinski definition) is 4. The van der Waals surface area contributed by atoms with Crippen molar-refractivity contribution in [3.63, 3.8) is 0 Å². The molecule has 0 fully saturated rings. The summed E-state index contributed by atoms with van der Waals surface area (Å²) < 4.78 is 7.45. The average molecular weight is 425 g/mol. The molecular formula is C27H24N2O3. The number of benzene rings is 3. The molecule has 0 radical (unpaired) electrons. The van der Waals surface area contributed by atoms with Crippen molar-refractivity contribution in [1.82, 2.24) is 9.78 Å². The highest BCUT2D eigenvalue weighted by molar-refractivity contribution is 5.83. The second-order valence-corrected chi connectivity index (χ2v) is 7.44. The van der Waals surface area contributed by atoms with Crippen LogP contribution in [0.1, 0.15) is 18.1 Å². The standard InChI is InChI=1S/C27H24N2O3/c1-3-9-24(30)20-16-14-19(15-17-20)23-18-26(31)29(2)28-27(23)22-12-7-8-13-25(22)32-21-10-5-4-6-11-21/h3-8,10-18,24,30H,1,9H2,2H3. The fourth-order valence-corrected chi connectivity index (χ4v) is 3.50. The maximum atomic E-state index is 12.5. The van der Waals surface area contributed by atoms with Crippen LogP contribution in [0.2, 0.25) is 0 Å². The van der Waals surface area contributed by atoms with Crippen LogP contribution in [0.4, 0.5) is 0 Å². The molecule has 0 aliphatic carbocycles. The van der Waals surface area contributed by atoms with Crippen molar-refractivity contribution < 1.29 is 9.84 Å². The van der Waals surface area contributed by atoms with Gasteiger partial charge in [-0.1, -0.05) is 60.7 Å². The lowest BCUT2D eigenvalue weighted by atomic mass is 9.97. The Labute approximate surface area is 186 Å². The fourth-order valence-electron chi connectivity index (χ4n) is 3.50. The topological polar surface area (TPSA) is 64.3 Å². The van der Waals surface area contributed by atoms with Crippen LogP contribution >= 0.6 is 0 Å². The summed E-state index contributed by atoms with van der Waals surface area (Å²) in [5.41, 5.74) is 3.52. The summed E-state index contributed by atoms with van der Waals surface area (Å²) in [5, 5.41) is 14.8. The number of aryl methyl sites for hydroxylation is 1. The molecule has 4 rings (SSSR count). The molecule has 5 nitrogen and oxygen atoms in total. The number of nitrogens with zero attached hydrogens (tertiary/aromatic N) is 2. The van der Waals surface area contributed by atoms with Crippen molar-refractivity contribution in [1.29, 1.82) is 0 Å². The maximum absolute atomic E-state index is 12.5. The summed E-state index contributed by atoms with van der Waals surface area (Å²) >= 11 is 0. The summed E-state index contributed by atoms with van der Waals surface area (Å²) in [6.07, 6.45) is 1.55. The van der Waals surface area contributed by atoms with Crippen molar-refractivity contribution in [2.75, 3.05) is 0 Å². The van der Waals surface area contributed by atoms with E-state index in [2.05, 4.69) is 11.7 Å². The second kappa shape index (κ2) is 9.45. The van der Waals surface area contributed by atoms with Crippen molar-refractivity contribution in [3.05, 3.63) is 114 Å². The first-order valence-electron chi connectivity index (χ1n) is 10.4. The Balaban J connectivity index is 1.81.